The minimum Gasteiger partial charge on any atom is -0.452 e. The van der Waals surface area contributed by atoms with E-state index in [0.717, 1.165) is 49.9 Å². The Morgan fingerprint density at radius 1 is 0.455 bits per heavy atom. The summed E-state index contributed by atoms with van der Waals surface area (Å²) >= 11 is 0. The predicted octanol–water partition coefficient (Wildman–Crippen LogP) is 10.6. The molecule has 10 aromatic rings. The molecular formula is C40H23N3O. The van der Waals surface area contributed by atoms with Crippen LogP contribution in [0.15, 0.2) is 144 Å². The van der Waals surface area contributed by atoms with E-state index in [2.05, 4.69) is 114 Å². The average Bonchev–Trinajstić information content (AvgIpc) is 3.64. The van der Waals surface area contributed by atoms with Gasteiger partial charge in [0.1, 0.15) is 16.8 Å². The predicted molar refractivity (Wildman–Crippen MR) is 181 cm³/mol. The van der Waals surface area contributed by atoms with Crippen LogP contribution in [0.2, 0.25) is 0 Å². The highest BCUT2D eigenvalue weighted by Gasteiger charge is 2.23. The zero-order chi connectivity index (χ0) is 28.8. The first-order valence-electron chi connectivity index (χ1n) is 14.8. The van der Waals surface area contributed by atoms with Gasteiger partial charge in [0, 0.05) is 21.7 Å². The summed E-state index contributed by atoms with van der Waals surface area (Å²) in [5.41, 5.74) is 8.53. The van der Waals surface area contributed by atoms with Gasteiger partial charge >= 0.3 is 0 Å². The Bertz CT molecular complexity index is 2620. The Hall–Kier alpha value is -6.00. The maximum atomic E-state index is 6.53. The first kappa shape index (κ1) is 23.6. The summed E-state index contributed by atoms with van der Waals surface area (Å²) in [6, 6.07) is 48.9. The molecule has 0 aliphatic rings. The van der Waals surface area contributed by atoms with Crippen LogP contribution in [0.3, 0.4) is 0 Å². The summed E-state index contributed by atoms with van der Waals surface area (Å²) in [7, 11) is 0. The van der Waals surface area contributed by atoms with Gasteiger partial charge in [0.15, 0.2) is 5.58 Å². The fourth-order valence-corrected chi connectivity index (χ4v) is 7.06. The molecule has 204 valence electrons. The SMILES string of the molecule is c1ccc(-c2ccc3oc4c(-c5ccccc5)nc(-n5c6cccc7c8ccccc8c8cccc5c8c76)nc4c3c2)cc1. The van der Waals surface area contributed by atoms with E-state index >= 15 is 0 Å². The first-order valence-corrected chi connectivity index (χ1v) is 14.8. The maximum Gasteiger partial charge on any atom is 0.236 e. The number of furan rings is 1. The molecule has 0 atom stereocenters. The van der Waals surface area contributed by atoms with Gasteiger partial charge in [0.05, 0.1) is 11.0 Å². The molecule has 0 radical (unpaired) electrons. The lowest BCUT2D eigenvalue weighted by atomic mass is 9.95. The smallest absolute Gasteiger partial charge is 0.236 e. The lowest BCUT2D eigenvalue weighted by Gasteiger charge is -2.09. The fourth-order valence-electron chi connectivity index (χ4n) is 7.06. The van der Waals surface area contributed by atoms with Crippen LogP contribution < -0.4 is 0 Å². The van der Waals surface area contributed by atoms with Crippen molar-refractivity contribution in [1.82, 2.24) is 14.5 Å². The molecular weight excluding hydrogens is 538 g/mol. The molecule has 0 aliphatic carbocycles. The van der Waals surface area contributed by atoms with Gasteiger partial charge in [-0.3, -0.25) is 4.57 Å². The Labute approximate surface area is 251 Å². The first-order chi connectivity index (χ1) is 21.8. The molecule has 0 saturated carbocycles. The van der Waals surface area contributed by atoms with E-state index in [-0.39, 0.29) is 0 Å². The molecule has 10 rings (SSSR count). The highest BCUT2D eigenvalue weighted by Crippen LogP contribution is 2.44. The zero-order valence-corrected chi connectivity index (χ0v) is 23.5. The standard InChI is InChI=1S/C40H23N3O/c1-3-11-24(12-4-1)26-21-22-34-31(23-26)38-39(44-34)37(25-13-5-2-6-14-25)41-40(42-38)43-32-19-9-17-29-27-15-7-8-16-28(27)30-18-10-20-33(43)36(30)35(29)32/h1-23H. The number of hydrogen-bond acceptors (Lipinski definition) is 3. The van der Waals surface area contributed by atoms with Crippen molar-refractivity contribution < 1.29 is 4.42 Å². The number of aromatic nitrogens is 3. The summed E-state index contributed by atoms with van der Waals surface area (Å²) in [6.45, 7) is 0. The molecule has 0 amide bonds. The van der Waals surface area contributed by atoms with Crippen LogP contribution in [0.1, 0.15) is 0 Å². The molecule has 0 saturated heterocycles. The van der Waals surface area contributed by atoms with Crippen molar-refractivity contribution in [2.75, 3.05) is 0 Å². The normalized spacial score (nSPS) is 12.1. The van der Waals surface area contributed by atoms with Crippen molar-refractivity contribution in [3.05, 3.63) is 140 Å². The molecule has 3 aromatic heterocycles. The molecule has 0 N–H and O–H groups in total. The Kier molecular flexibility index (Phi) is 4.69. The van der Waals surface area contributed by atoms with Crippen molar-refractivity contribution in [3.63, 3.8) is 0 Å². The van der Waals surface area contributed by atoms with Gasteiger partial charge in [-0.25, -0.2) is 9.97 Å². The number of hydrogen-bond donors (Lipinski definition) is 0. The van der Waals surface area contributed by atoms with Gasteiger partial charge in [-0.1, -0.05) is 115 Å². The highest BCUT2D eigenvalue weighted by atomic mass is 16.3. The van der Waals surface area contributed by atoms with Gasteiger partial charge in [-0.2, -0.15) is 0 Å². The van der Waals surface area contributed by atoms with Crippen LogP contribution in [0.4, 0.5) is 0 Å². The summed E-state index contributed by atoms with van der Waals surface area (Å²) < 4.78 is 8.76. The highest BCUT2D eigenvalue weighted by molar-refractivity contribution is 6.34. The third-order valence-electron chi connectivity index (χ3n) is 8.98. The second-order valence-corrected chi connectivity index (χ2v) is 11.4. The Balaban J connectivity index is 1.36. The van der Waals surface area contributed by atoms with Gasteiger partial charge in [0.25, 0.3) is 0 Å². The van der Waals surface area contributed by atoms with Crippen molar-refractivity contribution in [2.45, 2.75) is 0 Å². The van der Waals surface area contributed by atoms with Crippen LogP contribution in [0, 0.1) is 0 Å². The van der Waals surface area contributed by atoms with Crippen LogP contribution >= 0.6 is 0 Å². The van der Waals surface area contributed by atoms with Crippen LogP contribution in [-0.4, -0.2) is 14.5 Å². The lowest BCUT2D eigenvalue weighted by molar-refractivity contribution is 0.666. The lowest BCUT2D eigenvalue weighted by Crippen LogP contribution is -2.02. The molecule has 0 bridgehead atoms. The molecule has 0 fully saturated rings. The Morgan fingerprint density at radius 2 is 1.05 bits per heavy atom. The minimum absolute atomic E-state index is 0.629. The van der Waals surface area contributed by atoms with Crippen molar-refractivity contribution in [3.8, 4) is 28.3 Å². The van der Waals surface area contributed by atoms with Crippen LogP contribution in [-0.2, 0) is 0 Å². The molecule has 0 spiro atoms. The quantitative estimate of drug-likeness (QED) is 0.202. The second-order valence-electron chi connectivity index (χ2n) is 11.4. The van der Waals surface area contributed by atoms with E-state index in [9.17, 15) is 0 Å². The molecule has 4 heteroatoms. The summed E-state index contributed by atoms with van der Waals surface area (Å²) in [5, 5.41) is 8.45. The number of rotatable bonds is 3. The van der Waals surface area contributed by atoms with Crippen molar-refractivity contribution in [1.29, 1.82) is 0 Å². The molecule has 3 heterocycles. The van der Waals surface area contributed by atoms with Crippen molar-refractivity contribution >= 4 is 65.4 Å². The summed E-state index contributed by atoms with van der Waals surface area (Å²) in [5.74, 6) is 0.629. The van der Waals surface area contributed by atoms with Crippen LogP contribution in [0.25, 0.3) is 93.8 Å². The van der Waals surface area contributed by atoms with E-state index in [1.54, 1.807) is 0 Å². The zero-order valence-electron chi connectivity index (χ0n) is 23.5. The third kappa shape index (κ3) is 3.17. The second kappa shape index (κ2) is 8.76. The van der Waals surface area contributed by atoms with E-state index in [1.807, 2.05) is 30.3 Å². The van der Waals surface area contributed by atoms with Gasteiger partial charge in [-0.05, 0) is 56.9 Å². The van der Waals surface area contributed by atoms with E-state index in [4.69, 9.17) is 14.4 Å². The fraction of sp³-hybridized carbons (Fsp3) is 0. The molecule has 0 aliphatic heterocycles. The summed E-state index contributed by atoms with van der Waals surface area (Å²) in [4.78, 5) is 10.6. The minimum atomic E-state index is 0.629. The number of nitrogens with zero attached hydrogens (tertiary/aromatic N) is 3. The Morgan fingerprint density at radius 3 is 1.70 bits per heavy atom. The molecule has 4 nitrogen and oxygen atoms in total. The maximum absolute atomic E-state index is 6.53. The van der Waals surface area contributed by atoms with Crippen LogP contribution in [0.5, 0.6) is 0 Å². The largest absolute Gasteiger partial charge is 0.452 e. The summed E-state index contributed by atoms with van der Waals surface area (Å²) in [6.07, 6.45) is 0. The topological polar surface area (TPSA) is 43.9 Å². The van der Waals surface area contributed by atoms with E-state index in [1.165, 1.54) is 32.3 Å². The van der Waals surface area contributed by atoms with Gasteiger partial charge in [0.2, 0.25) is 5.95 Å². The van der Waals surface area contributed by atoms with Gasteiger partial charge < -0.3 is 4.42 Å². The van der Waals surface area contributed by atoms with E-state index in [0.29, 0.717) is 11.5 Å². The third-order valence-corrected chi connectivity index (χ3v) is 8.98. The monoisotopic (exact) mass is 561 g/mol. The average molecular weight is 562 g/mol. The molecule has 0 unspecified atom stereocenters. The van der Waals surface area contributed by atoms with E-state index < -0.39 is 0 Å². The number of fused-ring (bicyclic) bond motifs is 6. The van der Waals surface area contributed by atoms with Crippen molar-refractivity contribution in [2.24, 2.45) is 0 Å². The molecule has 7 aromatic carbocycles. The number of benzene rings is 7. The van der Waals surface area contributed by atoms with Gasteiger partial charge in [-0.15, -0.1) is 0 Å². The molecule has 44 heavy (non-hydrogen) atoms.